The van der Waals surface area contributed by atoms with E-state index in [0.29, 0.717) is 0 Å². The Hall–Kier alpha value is -1.65. The van der Waals surface area contributed by atoms with Crippen molar-refractivity contribution in [2.75, 3.05) is 18.4 Å². The molecule has 0 saturated carbocycles. The normalized spacial score (nSPS) is 20.3. The van der Waals surface area contributed by atoms with E-state index in [1.165, 1.54) is 11.1 Å². The molecule has 0 aliphatic carbocycles. The predicted octanol–water partition coefficient (Wildman–Crippen LogP) is 4.24. The summed E-state index contributed by atoms with van der Waals surface area (Å²) in [6.07, 6.45) is 0. The second-order valence-electron chi connectivity index (χ2n) is 5.78. The highest BCUT2D eigenvalue weighted by atomic mass is 79.9. The number of carbonyl (C=O) groups excluding carboxylic acids is 1. The van der Waals surface area contributed by atoms with Crippen LogP contribution in [0.2, 0.25) is 0 Å². The van der Waals surface area contributed by atoms with Gasteiger partial charge in [0.05, 0.1) is 0 Å². The van der Waals surface area contributed by atoms with Crippen molar-refractivity contribution < 1.29 is 4.79 Å². The molecule has 4 heteroatoms. The summed E-state index contributed by atoms with van der Waals surface area (Å²) in [5.41, 5.74) is 3.26. The highest BCUT2D eigenvalue weighted by Gasteiger charge is 2.39. The Morgan fingerprint density at radius 3 is 2.43 bits per heavy atom. The number of nitrogens with zero attached hydrogens (tertiary/aromatic N) is 1. The number of rotatable bonds is 4. The number of anilines is 1. The number of likely N-dealkylation sites (N-methyl/N-ethyl adjacent to an activating group) is 1. The minimum absolute atomic E-state index is 0.0392. The van der Waals surface area contributed by atoms with Crippen LogP contribution < -0.4 is 5.32 Å². The maximum Gasteiger partial charge on any atom is 0.242 e. The molecule has 0 aromatic heterocycles. The van der Waals surface area contributed by atoms with E-state index in [1.54, 1.807) is 0 Å². The van der Waals surface area contributed by atoms with Crippen molar-refractivity contribution >= 4 is 27.5 Å². The van der Waals surface area contributed by atoms with Gasteiger partial charge in [0, 0.05) is 16.1 Å². The van der Waals surface area contributed by atoms with Gasteiger partial charge in [-0.1, -0.05) is 60.1 Å². The fraction of sp³-hybridized carbons (Fsp3) is 0.316. The molecule has 0 saturated heterocycles. The zero-order valence-electron chi connectivity index (χ0n) is 13.4. The Morgan fingerprint density at radius 2 is 1.78 bits per heavy atom. The summed E-state index contributed by atoms with van der Waals surface area (Å²) < 4.78 is 1.03. The van der Waals surface area contributed by atoms with E-state index in [1.807, 2.05) is 30.3 Å². The summed E-state index contributed by atoms with van der Waals surface area (Å²) in [4.78, 5) is 15.1. The van der Waals surface area contributed by atoms with Gasteiger partial charge in [-0.15, -0.1) is 0 Å². The van der Waals surface area contributed by atoms with Crippen LogP contribution >= 0.6 is 15.9 Å². The molecule has 0 radical (unpaired) electrons. The number of fused-ring (bicyclic) bond motifs is 1. The van der Waals surface area contributed by atoms with Gasteiger partial charge in [-0.25, -0.2) is 0 Å². The van der Waals surface area contributed by atoms with Gasteiger partial charge in [-0.2, -0.15) is 0 Å². The van der Waals surface area contributed by atoms with Crippen molar-refractivity contribution in [3.63, 3.8) is 0 Å². The van der Waals surface area contributed by atoms with Gasteiger partial charge < -0.3 is 5.32 Å². The molecule has 0 spiro atoms. The maximum atomic E-state index is 12.8. The van der Waals surface area contributed by atoms with Crippen molar-refractivity contribution in [2.45, 2.75) is 25.8 Å². The van der Waals surface area contributed by atoms with Crippen molar-refractivity contribution in [1.82, 2.24) is 4.90 Å². The van der Waals surface area contributed by atoms with Gasteiger partial charge in [0.2, 0.25) is 5.91 Å². The van der Waals surface area contributed by atoms with Gasteiger partial charge in [-0.05, 0) is 42.4 Å². The highest BCUT2D eigenvalue weighted by Crippen LogP contribution is 2.40. The van der Waals surface area contributed by atoms with Gasteiger partial charge in [-0.3, -0.25) is 9.69 Å². The van der Waals surface area contributed by atoms with Gasteiger partial charge in [0.15, 0.2) is 0 Å². The van der Waals surface area contributed by atoms with Crippen LogP contribution in [-0.4, -0.2) is 29.9 Å². The van der Waals surface area contributed by atoms with E-state index in [9.17, 15) is 4.79 Å². The van der Waals surface area contributed by atoms with E-state index in [2.05, 4.69) is 58.2 Å². The van der Waals surface area contributed by atoms with E-state index >= 15 is 0 Å². The van der Waals surface area contributed by atoms with Gasteiger partial charge in [0.25, 0.3) is 0 Å². The number of amides is 1. The molecule has 3 rings (SSSR count). The summed E-state index contributed by atoms with van der Waals surface area (Å²) in [5.74, 6) is 0.120. The first-order valence-electron chi connectivity index (χ1n) is 8.05. The third-order valence-electron chi connectivity index (χ3n) is 4.56. The molecular formula is C19H21BrN2O. The second kappa shape index (κ2) is 6.85. The molecule has 1 aliphatic heterocycles. The molecule has 1 heterocycles. The lowest BCUT2D eigenvalue weighted by Crippen LogP contribution is -2.50. The largest absolute Gasteiger partial charge is 0.324 e. The minimum atomic E-state index is -0.186. The standard InChI is InChI=1S/C19H21BrN2O/c1-3-22(4-2)18-17(13-8-6-5-7-9-13)15-12-14(20)10-11-16(15)21-19(18)23/h5-12,17-18H,3-4H2,1-2H3,(H,21,23)/t17-,18+/m0/s1. The van der Waals surface area contributed by atoms with Crippen LogP contribution in [0.4, 0.5) is 5.69 Å². The first kappa shape index (κ1) is 16.2. The number of benzene rings is 2. The average Bonchev–Trinajstić information content (AvgIpc) is 2.57. The number of carbonyl (C=O) groups is 1. The first-order chi connectivity index (χ1) is 11.2. The molecular weight excluding hydrogens is 352 g/mol. The monoisotopic (exact) mass is 372 g/mol. The summed E-state index contributed by atoms with van der Waals surface area (Å²) in [7, 11) is 0. The fourth-order valence-corrected chi connectivity index (χ4v) is 3.83. The number of hydrogen-bond donors (Lipinski definition) is 1. The van der Waals surface area contributed by atoms with Crippen LogP contribution in [0.3, 0.4) is 0 Å². The summed E-state index contributed by atoms with van der Waals surface area (Å²) in [5, 5.41) is 3.08. The van der Waals surface area contributed by atoms with Crippen molar-refractivity contribution in [1.29, 1.82) is 0 Å². The molecule has 2 aromatic rings. The summed E-state index contributed by atoms with van der Waals surface area (Å²) >= 11 is 3.57. The van der Waals surface area contributed by atoms with Crippen LogP contribution in [0, 0.1) is 0 Å². The van der Waals surface area contributed by atoms with E-state index in [-0.39, 0.29) is 17.9 Å². The quantitative estimate of drug-likeness (QED) is 0.869. The molecule has 1 amide bonds. The molecule has 2 aromatic carbocycles. The van der Waals surface area contributed by atoms with Crippen LogP contribution in [0.25, 0.3) is 0 Å². The molecule has 120 valence electrons. The van der Waals surface area contributed by atoms with Crippen molar-refractivity contribution in [3.8, 4) is 0 Å². The molecule has 0 fully saturated rings. The van der Waals surface area contributed by atoms with Gasteiger partial charge >= 0.3 is 0 Å². The highest BCUT2D eigenvalue weighted by molar-refractivity contribution is 9.10. The van der Waals surface area contributed by atoms with E-state index in [0.717, 1.165) is 23.2 Å². The van der Waals surface area contributed by atoms with Crippen LogP contribution in [0.15, 0.2) is 53.0 Å². The lowest BCUT2D eigenvalue weighted by atomic mass is 9.80. The van der Waals surface area contributed by atoms with Gasteiger partial charge in [0.1, 0.15) is 6.04 Å². The smallest absolute Gasteiger partial charge is 0.242 e. The third-order valence-corrected chi connectivity index (χ3v) is 5.05. The molecule has 2 atom stereocenters. The Balaban J connectivity index is 2.17. The van der Waals surface area contributed by atoms with E-state index < -0.39 is 0 Å². The van der Waals surface area contributed by atoms with E-state index in [4.69, 9.17) is 0 Å². The lowest BCUT2D eigenvalue weighted by molar-refractivity contribution is -0.122. The molecule has 1 aliphatic rings. The minimum Gasteiger partial charge on any atom is -0.324 e. The third kappa shape index (κ3) is 3.06. The zero-order chi connectivity index (χ0) is 16.4. The number of nitrogens with one attached hydrogen (secondary N) is 1. The van der Waals surface area contributed by atoms with Crippen LogP contribution in [0.1, 0.15) is 30.9 Å². The molecule has 0 unspecified atom stereocenters. The molecule has 3 nitrogen and oxygen atoms in total. The zero-order valence-corrected chi connectivity index (χ0v) is 15.0. The second-order valence-corrected chi connectivity index (χ2v) is 6.69. The van der Waals surface area contributed by atoms with Crippen molar-refractivity contribution in [3.05, 3.63) is 64.1 Å². The van der Waals surface area contributed by atoms with Crippen LogP contribution in [0.5, 0.6) is 0 Å². The Labute approximate surface area is 145 Å². The number of hydrogen-bond acceptors (Lipinski definition) is 2. The Bertz CT molecular complexity index is 698. The number of halogens is 1. The summed E-state index contributed by atoms with van der Waals surface area (Å²) in [6.45, 7) is 5.91. The Kier molecular flexibility index (Phi) is 4.83. The first-order valence-corrected chi connectivity index (χ1v) is 8.84. The molecule has 0 bridgehead atoms. The topological polar surface area (TPSA) is 32.3 Å². The summed E-state index contributed by atoms with van der Waals surface area (Å²) in [6, 6.07) is 16.2. The fourth-order valence-electron chi connectivity index (χ4n) is 3.45. The van der Waals surface area contributed by atoms with Crippen LogP contribution in [-0.2, 0) is 4.79 Å². The molecule has 23 heavy (non-hydrogen) atoms. The lowest BCUT2D eigenvalue weighted by Gasteiger charge is -2.39. The average molecular weight is 373 g/mol. The Morgan fingerprint density at radius 1 is 1.09 bits per heavy atom. The SMILES string of the molecule is CCN(CC)[C@H]1C(=O)Nc2ccc(Br)cc2[C@@H]1c1ccccc1. The molecule has 1 N–H and O–H groups in total. The van der Waals surface area contributed by atoms with Crippen molar-refractivity contribution in [2.24, 2.45) is 0 Å². The maximum absolute atomic E-state index is 12.8. The predicted molar refractivity (Wildman–Crippen MR) is 97.8 cm³/mol.